The summed E-state index contributed by atoms with van der Waals surface area (Å²) >= 11 is 0. The Hall–Kier alpha value is -3.02. The summed E-state index contributed by atoms with van der Waals surface area (Å²) in [4.78, 5) is 33.6. The van der Waals surface area contributed by atoms with E-state index in [-0.39, 0.29) is 11.8 Å². The number of hydrogen-bond donors (Lipinski definition) is 2. The lowest BCUT2D eigenvalue weighted by molar-refractivity contribution is 0.0848. The molecule has 1 saturated carbocycles. The van der Waals surface area contributed by atoms with Gasteiger partial charge in [0.15, 0.2) is 0 Å². The Morgan fingerprint density at radius 2 is 2.00 bits per heavy atom. The molecule has 0 aromatic carbocycles. The number of carbonyl (C=O) groups excluding carboxylic acids is 2. The highest BCUT2D eigenvalue weighted by atomic mass is 16.2. The summed E-state index contributed by atoms with van der Waals surface area (Å²) < 4.78 is 0. The second kappa shape index (κ2) is 6.95. The van der Waals surface area contributed by atoms with Gasteiger partial charge in [-0.15, -0.1) is 0 Å². The number of rotatable bonds is 5. The molecule has 0 spiro atoms. The summed E-state index contributed by atoms with van der Waals surface area (Å²) in [5, 5.41) is 6.11. The molecule has 0 bridgehead atoms. The molecule has 2 heterocycles. The molecule has 2 aliphatic rings. The third kappa shape index (κ3) is 3.89. The van der Waals surface area contributed by atoms with E-state index >= 15 is 0 Å². The summed E-state index contributed by atoms with van der Waals surface area (Å²) in [7, 11) is 0. The molecule has 0 aliphatic heterocycles. The van der Waals surface area contributed by atoms with Crippen molar-refractivity contribution in [2.24, 2.45) is 5.92 Å². The van der Waals surface area contributed by atoms with Crippen LogP contribution in [0.15, 0.2) is 54.2 Å². The van der Waals surface area contributed by atoms with Gasteiger partial charge in [0.05, 0.1) is 5.54 Å². The number of pyridine rings is 2. The van der Waals surface area contributed by atoms with Crippen molar-refractivity contribution in [1.82, 2.24) is 20.6 Å². The second-order valence-electron chi connectivity index (χ2n) is 7.38. The van der Waals surface area contributed by atoms with E-state index in [1.807, 2.05) is 19.1 Å². The first kappa shape index (κ1) is 17.4. The minimum absolute atomic E-state index is 0.212. The van der Waals surface area contributed by atoms with Crippen molar-refractivity contribution >= 4 is 11.8 Å². The first-order chi connectivity index (χ1) is 13.0. The minimum atomic E-state index is -0.501. The minimum Gasteiger partial charge on any atom is -0.348 e. The quantitative estimate of drug-likeness (QED) is 0.800. The molecule has 2 amide bonds. The average molecular weight is 362 g/mol. The highest BCUT2D eigenvalue weighted by Crippen LogP contribution is 2.48. The van der Waals surface area contributed by atoms with E-state index in [9.17, 15) is 9.59 Å². The van der Waals surface area contributed by atoms with Gasteiger partial charge in [-0.2, -0.15) is 0 Å². The fourth-order valence-corrected chi connectivity index (χ4v) is 3.66. The highest BCUT2D eigenvalue weighted by molar-refractivity contribution is 5.93. The standard InChI is InChI=1S/C21H22N4O2/c1-14-5-4-7-18(24-14)19(26)23-13-21(9-8-15-11-16(15)12-21)25-20(27)17-6-2-3-10-22-17/h2-8,10,16H,9,11-13H2,1H3,(H,23,26)(H,25,27). The zero-order valence-corrected chi connectivity index (χ0v) is 15.2. The van der Waals surface area contributed by atoms with E-state index in [0.29, 0.717) is 30.3 Å². The lowest BCUT2D eigenvalue weighted by Gasteiger charge is -2.36. The number of nitrogens with one attached hydrogen (secondary N) is 2. The molecule has 0 saturated heterocycles. The van der Waals surface area contributed by atoms with Crippen LogP contribution in [0.4, 0.5) is 0 Å². The maximum atomic E-state index is 12.7. The Kier molecular flexibility index (Phi) is 4.48. The Balaban J connectivity index is 1.48. The van der Waals surface area contributed by atoms with Gasteiger partial charge in [-0.25, -0.2) is 4.98 Å². The van der Waals surface area contributed by atoms with Crippen LogP contribution in [-0.2, 0) is 0 Å². The smallest absolute Gasteiger partial charge is 0.270 e. The van der Waals surface area contributed by atoms with Crippen LogP contribution in [0, 0.1) is 12.8 Å². The Bertz CT molecular complexity index is 909. The van der Waals surface area contributed by atoms with Gasteiger partial charge in [0.25, 0.3) is 11.8 Å². The van der Waals surface area contributed by atoms with Crippen molar-refractivity contribution in [3.63, 3.8) is 0 Å². The molecular weight excluding hydrogens is 340 g/mol. The number of fused-ring (bicyclic) bond motifs is 1. The van der Waals surface area contributed by atoms with Crippen molar-refractivity contribution in [2.45, 2.75) is 31.7 Å². The van der Waals surface area contributed by atoms with Crippen LogP contribution in [0.5, 0.6) is 0 Å². The highest BCUT2D eigenvalue weighted by Gasteiger charge is 2.44. The summed E-state index contributed by atoms with van der Waals surface area (Å²) in [5.74, 6) is 0.0727. The first-order valence-electron chi connectivity index (χ1n) is 9.19. The summed E-state index contributed by atoms with van der Waals surface area (Å²) in [6.45, 7) is 2.21. The number of aryl methyl sites for hydroxylation is 1. The van der Waals surface area contributed by atoms with Gasteiger partial charge in [-0.1, -0.05) is 23.8 Å². The van der Waals surface area contributed by atoms with Crippen LogP contribution >= 0.6 is 0 Å². The molecule has 2 aromatic heterocycles. The molecule has 2 N–H and O–H groups in total. The molecule has 6 nitrogen and oxygen atoms in total. The van der Waals surface area contributed by atoms with Gasteiger partial charge in [-0.05, 0) is 56.4 Å². The van der Waals surface area contributed by atoms with Crippen molar-refractivity contribution < 1.29 is 9.59 Å². The Morgan fingerprint density at radius 1 is 1.15 bits per heavy atom. The summed E-state index contributed by atoms with van der Waals surface area (Å²) in [6, 6.07) is 10.6. The van der Waals surface area contributed by atoms with Crippen LogP contribution < -0.4 is 10.6 Å². The fraction of sp³-hybridized carbons (Fsp3) is 0.333. The predicted octanol–water partition coefficient (Wildman–Crippen LogP) is 2.42. The molecule has 27 heavy (non-hydrogen) atoms. The van der Waals surface area contributed by atoms with E-state index < -0.39 is 5.54 Å². The van der Waals surface area contributed by atoms with E-state index in [1.54, 1.807) is 30.5 Å². The molecule has 2 unspecified atom stereocenters. The molecule has 2 aliphatic carbocycles. The number of carbonyl (C=O) groups is 2. The van der Waals surface area contributed by atoms with Gasteiger partial charge >= 0.3 is 0 Å². The number of hydrogen-bond acceptors (Lipinski definition) is 4. The van der Waals surface area contributed by atoms with Gasteiger partial charge in [0, 0.05) is 18.4 Å². The van der Waals surface area contributed by atoms with Crippen LogP contribution in [0.3, 0.4) is 0 Å². The van der Waals surface area contributed by atoms with Gasteiger partial charge in [-0.3, -0.25) is 14.6 Å². The van der Waals surface area contributed by atoms with E-state index in [1.165, 1.54) is 5.57 Å². The van der Waals surface area contributed by atoms with Crippen LogP contribution in [0.2, 0.25) is 0 Å². The van der Waals surface area contributed by atoms with E-state index in [0.717, 1.165) is 18.5 Å². The van der Waals surface area contributed by atoms with E-state index in [4.69, 9.17) is 0 Å². The van der Waals surface area contributed by atoms with Crippen LogP contribution in [-0.4, -0.2) is 33.9 Å². The lowest BCUT2D eigenvalue weighted by atomic mass is 9.84. The molecule has 2 aromatic rings. The maximum Gasteiger partial charge on any atom is 0.270 e. The van der Waals surface area contributed by atoms with Crippen molar-refractivity contribution in [1.29, 1.82) is 0 Å². The number of amides is 2. The summed E-state index contributed by atoms with van der Waals surface area (Å²) in [6.07, 6.45) is 6.43. The molecule has 4 rings (SSSR count). The first-order valence-corrected chi connectivity index (χ1v) is 9.19. The van der Waals surface area contributed by atoms with Gasteiger partial charge in [0.2, 0.25) is 0 Å². The van der Waals surface area contributed by atoms with Crippen molar-refractivity contribution in [3.8, 4) is 0 Å². The maximum absolute atomic E-state index is 12.7. The molecule has 138 valence electrons. The topological polar surface area (TPSA) is 84.0 Å². The van der Waals surface area contributed by atoms with Crippen molar-refractivity contribution in [3.05, 3.63) is 71.3 Å². The number of nitrogens with zero attached hydrogens (tertiary/aromatic N) is 2. The number of aromatic nitrogens is 2. The Labute approximate surface area is 158 Å². The SMILES string of the molecule is Cc1cccc(C(=O)NCC2(NC(=O)c3ccccn3)CC=C3CC3C2)n1. The largest absolute Gasteiger partial charge is 0.348 e. The third-order valence-corrected chi connectivity index (χ3v) is 5.22. The predicted molar refractivity (Wildman–Crippen MR) is 101 cm³/mol. The van der Waals surface area contributed by atoms with E-state index in [2.05, 4.69) is 26.7 Å². The second-order valence-corrected chi connectivity index (χ2v) is 7.38. The van der Waals surface area contributed by atoms with Gasteiger partial charge in [0.1, 0.15) is 11.4 Å². The van der Waals surface area contributed by atoms with Crippen LogP contribution in [0.1, 0.15) is 45.9 Å². The molecule has 0 radical (unpaired) electrons. The lowest BCUT2D eigenvalue weighted by Crippen LogP contribution is -2.56. The normalized spacial score (nSPS) is 23.0. The molecule has 6 heteroatoms. The monoisotopic (exact) mass is 362 g/mol. The molecule has 1 fully saturated rings. The van der Waals surface area contributed by atoms with Crippen molar-refractivity contribution in [2.75, 3.05) is 6.54 Å². The third-order valence-electron chi connectivity index (χ3n) is 5.22. The summed E-state index contributed by atoms with van der Waals surface area (Å²) in [5.41, 5.74) is 2.53. The molecule has 2 atom stereocenters. The average Bonchev–Trinajstić information content (AvgIpc) is 3.45. The number of allylic oxidation sites excluding steroid dienone is 1. The fourth-order valence-electron chi connectivity index (χ4n) is 3.66. The van der Waals surface area contributed by atoms with Crippen LogP contribution in [0.25, 0.3) is 0 Å². The Morgan fingerprint density at radius 3 is 2.74 bits per heavy atom. The zero-order chi connectivity index (χ0) is 18.9. The van der Waals surface area contributed by atoms with Gasteiger partial charge < -0.3 is 10.6 Å². The molecular formula is C21H22N4O2. The zero-order valence-electron chi connectivity index (χ0n) is 15.2.